The van der Waals surface area contributed by atoms with Crippen molar-refractivity contribution in [3.63, 3.8) is 0 Å². The summed E-state index contributed by atoms with van der Waals surface area (Å²) in [6, 6.07) is 16.0. The molecule has 0 fully saturated rings. The molecule has 0 heterocycles. The van der Waals surface area contributed by atoms with Gasteiger partial charge in [0.1, 0.15) is 0 Å². The third-order valence-electron chi connectivity index (χ3n) is 3.03. The number of para-hydroxylation sites is 1. The monoisotopic (exact) mass is 304 g/mol. The smallest absolute Gasteiger partial charge is 0.262 e. The van der Waals surface area contributed by atoms with Crippen LogP contribution in [0.1, 0.15) is 18.9 Å². The van der Waals surface area contributed by atoms with Gasteiger partial charge < -0.3 is 5.32 Å². The number of sulfonamides is 1. The molecule has 4 nitrogen and oxygen atoms in total. The summed E-state index contributed by atoms with van der Waals surface area (Å²) >= 11 is 0. The Kier molecular flexibility index (Phi) is 5.36. The molecule has 0 unspecified atom stereocenters. The molecule has 0 bridgehead atoms. The molecule has 0 spiro atoms. The molecule has 0 aromatic heterocycles. The quantitative estimate of drug-likeness (QED) is 0.773. The van der Waals surface area contributed by atoms with E-state index in [-0.39, 0.29) is 0 Å². The van der Waals surface area contributed by atoms with E-state index in [9.17, 15) is 8.42 Å². The van der Waals surface area contributed by atoms with Gasteiger partial charge in [0, 0.05) is 12.2 Å². The SMILES string of the molecule is CCCNCc1ccccc1S(=O)(=O)Nc1ccccc1. The molecular weight excluding hydrogens is 284 g/mol. The van der Waals surface area contributed by atoms with Crippen LogP contribution in [0.5, 0.6) is 0 Å². The standard InChI is InChI=1S/C16H20N2O2S/c1-2-12-17-13-14-8-6-7-11-16(14)21(19,20)18-15-9-4-3-5-10-15/h3-11,17-18H,2,12-13H2,1H3. The van der Waals surface area contributed by atoms with E-state index in [4.69, 9.17) is 0 Å². The lowest BCUT2D eigenvalue weighted by molar-refractivity contribution is 0.597. The van der Waals surface area contributed by atoms with Crippen molar-refractivity contribution in [1.82, 2.24) is 5.32 Å². The third-order valence-corrected chi connectivity index (χ3v) is 4.51. The fourth-order valence-corrected chi connectivity index (χ4v) is 3.33. The largest absolute Gasteiger partial charge is 0.313 e. The molecule has 2 aromatic rings. The first kappa shape index (κ1) is 15.5. The molecule has 0 radical (unpaired) electrons. The van der Waals surface area contributed by atoms with Crippen molar-refractivity contribution in [1.29, 1.82) is 0 Å². The summed E-state index contributed by atoms with van der Waals surface area (Å²) in [7, 11) is -3.57. The molecule has 0 aliphatic carbocycles. The third kappa shape index (κ3) is 4.31. The van der Waals surface area contributed by atoms with E-state index in [1.54, 1.807) is 36.4 Å². The molecule has 0 amide bonds. The molecule has 21 heavy (non-hydrogen) atoms. The van der Waals surface area contributed by atoms with Crippen molar-refractivity contribution >= 4 is 15.7 Å². The zero-order chi connectivity index (χ0) is 15.1. The lowest BCUT2D eigenvalue weighted by Gasteiger charge is -2.12. The molecule has 112 valence electrons. The molecule has 0 aliphatic heterocycles. The normalized spacial score (nSPS) is 11.3. The van der Waals surface area contributed by atoms with Crippen molar-refractivity contribution in [3.05, 3.63) is 60.2 Å². The maximum atomic E-state index is 12.5. The predicted molar refractivity (Wildman–Crippen MR) is 85.7 cm³/mol. The van der Waals surface area contributed by atoms with Crippen LogP contribution in [0.4, 0.5) is 5.69 Å². The van der Waals surface area contributed by atoms with Gasteiger partial charge in [-0.15, -0.1) is 0 Å². The van der Waals surface area contributed by atoms with Crippen LogP contribution < -0.4 is 10.0 Å². The van der Waals surface area contributed by atoms with Crippen LogP contribution in [0, 0.1) is 0 Å². The molecular formula is C16H20N2O2S. The van der Waals surface area contributed by atoms with E-state index in [2.05, 4.69) is 17.0 Å². The fraction of sp³-hybridized carbons (Fsp3) is 0.250. The zero-order valence-corrected chi connectivity index (χ0v) is 12.9. The topological polar surface area (TPSA) is 58.2 Å². The van der Waals surface area contributed by atoms with E-state index < -0.39 is 10.0 Å². The number of hydrogen-bond donors (Lipinski definition) is 2. The van der Waals surface area contributed by atoms with Gasteiger partial charge in [-0.25, -0.2) is 8.42 Å². The maximum absolute atomic E-state index is 12.5. The summed E-state index contributed by atoms with van der Waals surface area (Å²) in [4.78, 5) is 0.317. The second-order valence-corrected chi connectivity index (χ2v) is 6.41. The van der Waals surface area contributed by atoms with E-state index in [0.717, 1.165) is 18.5 Å². The van der Waals surface area contributed by atoms with E-state index in [1.165, 1.54) is 0 Å². The highest BCUT2D eigenvalue weighted by Gasteiger charge is 2.17. The van der Waals surface area contributed by atoms with Gasteiger partial charge in [0.15, 0.2) is 0 Å². The van der Waals surface area contributed by atoms with Crippen molar-refractivity contribution in [3.8, 4) is 0 Å². The number of anilines is 1. The molecule has 0 atom stereocenters. The lowest BCUT2D eigenvalue weighted by atomic mass is 10.2. The average molecular weight is 304 g/mol. The molecule has 2 rings (SSSR count). The summed E-state index contributed by atoms with van der Waals surface area (Å²) in [6.45, 7) is 3.48. The first-order valence-electron chi connectivity index (χ1n) is 7.00. The van der Waals surface area contributed by atoms with Gasteiger partial charge in [-0.2, -0.15) is 0 Å². The molecule has 0 saturated heterocycles. The minimum atomic E-state index is -3.57. The van der Waals surface area contributed by atoms with Crippen molar-refractivity contribution in [2.24, 2.45) is 0 Å². The fourth-order valence-electron chi connectivity index (χ4n) is 2.03. The van der Waals surface area contributed by atoms with Gasteiger partial charge in [0.25, 0.3) is 10.0 Å². The second-order valence-electron chi connectivity index (χ2n) is 4.76. The average Bonchev–Trinajstić information content (AvgIpc) is 2.48. The number of benzene rings is 2. The summed E-state index contributed by atoms with van der Waals surface area (Å²) < 4.78 is 27.6. The second kappa shape index (κ2) is 7.24. The van der Waals surface area contributed by atoms with E-state index >= 15 is 0 Å². The van der Waals surface area contributed by atoms with Gasteiger partial charge in [0.2, 0.25) is 0 Å². The Hall–Kier alpha value is -1.85. The molecule has 5 heteroatoms. The van der Waals surface area contributed by atoms with Gasteiger partial charge in [-0.3, -0.25) is 4.72 Å². The van der Waals surface area contributed by atoms with Crippen molar-refractivity contribution in [2.75, 3.05) is 11.3 Å². The first-order valence-corrected chi connectivity index (χ1v) is 8.48. The highest BCUT2D eigenvalue weighted by molar-refractivity contribution is 7.92. The minimum Gasteiger partial charge on any atom is -0.313 e. The predicted octanol–water partition coefficient (Wildman–Crippen LogP) is 2.99. The van der Waals surface area contributed by atoms with Crippen molar-refractivity contribution < 1.29 is 8.42 Å². The highest BCUT2D eigenvalue weighted by atomic mass is 32.2. The Morgan fingerprint density at radius 2 is 1.62 bits per heavy atom. The van der Waals surface area contributed by atoms with Crippen LogP contribution >= 0.6 is 0 Å². The van der Waals surface area contributed by atoms with Gasteiger partial charge >= 0.3 is 0 Å². The Bertz CT molecular complexity index is 670. The summed E-state index contributed by atoms with van der Waals surface area (Å²) in [5, 5.41) is 3.24. The molecule has 2 aromatic carbocycles. The van der Waals surface area contributed by atoms with Crippen LogP contribution in [0.15, 0.2) is 59.5 Å². The molecule has 0 aliphatic rings. The van der Waals surface area contributed by atoms with Crippen molar-refractivity contribution in [2.45, 2.75) is 24.8 Å². The van der Waals surface area contributed by atoms with Gasteiger partial charge in [-0.05, 0) is 36.7 Å². The van der Waals surface area contributed by atoms with Crippen LogP contribution in [0.3, 0.4) is 0 Å². The lowest BCUT2D eigenvalue weighted by Crippen LogP contribution is -2.19. The summed E-state index contributed by atoms with van der Waals surface area (Å²) in [6.07, 6.45) is 1.01. The van der Waals surface area contributed by atoms with Crippen LogP contribution in [0.2, 0.25) is 0 Å². The van der Waals surface area contributed by atoms with Crippen LogP contribution in [0.25, 0.3) is 0 Å². The van der Waals surface area contributed by atoms with Crippen LogP contribution in [-0.2, 0) is 16.6 Å². The van der Waals surface area contributed by atoms with E-state index in [0.29, 0.717) is 17.1 Å². The summed E-state index contributed by atoms with van der Waals surface area (Å²) in [5.41, 5.74) is 1.34. The first-order chi connectivity index (χ1) is 10.1. The number of nitrogens with one attached hydrogen (secondary N) is 2. The Labute approximate surface area is 126 Å². The highest BCUT2D eigenvalue weighted by Crippen LogP contribution is 2.19. The number of rotatable bonds is 7. The van der Waals surface area contributed by atoms with Gasteiger partial charge in [0.05, 0.1) is 4.90 Å². The molecule has 2 N–H and O–H groups in total. The van der Waals surface area contributed by atoms with Crippen LogP contribution in [-0.4, -0.2) is 15.0 Å². The number of hydrogen-bond acceptors (Lipinski definition) is 3. The Balaban J connectivity index is 2.23. The zero-order valence-electron chi connectivity index (χ0n) is 12.0. The maximum Gasteiger partial charge on any atom is 0.262 e. The Morgan fingerprint density at radius 3 is 2.33 bits per heavy atom. The van der Waals surface area contributed by atoms with E-state index in [1.807, 2.05) is 18.2 Å². The Morgan fingerprint density at radius 1 is 0.952 bits per heavy atom. The minimum absolute atomic E-state index is 0.317. The molecule has 0 saturated carbocycles. The summed E-state index contributed by atoms with van der Waals surface area (Å²) in [5.74, 6) is 0. The van der Waals surface area contributed by atoms with Gasteiger partial charge in [-0.1, -0.05) is 43.3 Å².